The minimum absolute atomic E-state index is 0.0587. The molecule has 0 atom stereocenters. The van der Waals surface area contributed by atoms with Gasteiger partial charge in [0.05, 0.1) is 17.1 Å². The second kappa shape index (κ2) is 8.65. The number of carbonyl (C=O) groups excluding carboxylic acids is 1. The van der Waals surface area contributed by atoms with Crippen LogP contribution < -0.4 is 26.7 Å². The van der Waals surface area contributed by atoms with Crippen molar-refractivity contribution >= 4 is 28.3 Å². The van der Waals surface area contributed by atoms with E-state index in [-0.39, 0.29) is 35.0 Å². The highest BCUT2D eigenvalue weighted by Crippen LogP contribution is 2.44. The summed E-state index contributed by atoms with van der Waals surface area (Å²) in [6, 6.07) is 10.3. The van der Waals surface area contributed by atoms with E-state index in [4.69, 9.17) is 15.6 Å². The number of aromatic nitrogens is 3. The molecule has 35 heavy (non-hydrogen) atoms. The second-order valence-corrected chi connectivity index (χ2v) is 8.22. The molecule has 0 bridgehead atoms. The van der Waals surface area contributed by atoms with Gasteiger partial charge in [-0.2, -0.15) is 5.10 Å². The number of rotatable bonds is 5. The van der Waals surface area contributed by atoms with E-state index in [0.29, 0.717) is 46.0 Å². The van der Waals surface area contributed by atoms with Gasteiger partial charge in [0.15, 0.2) is 5.75 Å². The first-order valence-corrected chi connectivity index (χ1v) is 11.0. The lowest BCUT2D eigenvalue weighted by atomic mass is 9.98. The second-order valence-electron chi connectivity index (χ2n) is 8.22. The molecule has 6 N–H and O–H groups in total. The number of hydrogen-bond acceptors (Lipinski definition) is 7. The topological polar surface area (TPSA) is 147 Å². The van der Waals surface area contributed by atoms with Crippen LogP contribution in [0.5, 0.6) is 11.5 Å². The summed E-state index contributed by atoms with van der Waals surface area (Å²) in [6.07, 6.45) is 3.16. The molecule has 0 saturated heterocycles. The van der Waals surface area contributed by atoms with E-state index in [0.717, 1.165) is 5.56 Å². The van der Waals surface area contributed by atoms with Crippen LogP contribution in [0.3, 0.4) is 0 Å². The number of aryl methyl sites for hydroxylation is 1. The molecule has 10 nitrogen and oxygen atoms in total. The number of fused-ring (bicyclic) bond motifs is 5. The minimum atomic E-state index is -0.383. The van der Waals surface area contributed by atoms with E-state index in [1.54, 1.807) is 43.5 Å². The van der Waals surface area contributed by atoms with Crippen molar-refractivity contribution in [1.29, 1.82) is 0 Å². The number of aromatic hydroxyl groups is 1. The summed E-state index contributed by atoms with van der Waals surface area (Å²) in [7, 11) is 1.79. The Hall–Kier alpha value is -4.57. The Morgan fingerprint density at radius 3 is 2.97 bits per heavy atom. The third-order valence-corrected chi connectivity index (χ3v) is 5.87. The molecule has 2 aromatic heterocycles. The summed E-state index contributed by atoms with van der Waals surface area (Å²) in [5.41, 5.74) is 10.2. The normalized spacial score (nSPS) is 12.4. The number of H-pyrrole nitrogens is 1. The number of para-hydroxylation sites is 1. The number of amides is 1. The monoisotopic (exact) mass is 472 g/mol. The van der Waals surface area contributed by atoms with Crippen LogP contribution in [0.1, 0.15) is 11.3 Å². The van der Waals surface area contributed by atoms with Gasteiger partial charge in [0.2, 0.25) is 5.91 Å². The first kappa shape index (κ1) is 22.2. The maximum Gasteiger partial charge on any atom is 0.261 e. The molecule has 5 rings (SSSR count). The van der Waals surface area contributed by atoms with E-state index in [1.165, 1.54) is 10.8 Å². The number of phenolic OH excluding ortho intramolecular Hbond substituents is 1. The van der Waals surface area contributed by atoms with Gasteiger partial charge in [-0.15, -0.1) is 0 Å². The standard InChI is InChI=1S/C25H24N6O4/c1-13-8-9-14(32)11-18(13)31-24(26)21-22(30-31)20-15-5-3-6-16(28-19(33)7-4-10-27-2)23(15)35-12-17(20)29-25(21)34/h3-9,11,27,32H,10,12,26H2,1-2H3,(H,28,33)(H,29,34)/b7-4+. The number of anilines is 2. The van der Waals surface area contributed by atoms with Crippen LogP contribution in [-0.4, -0.2) is 39.4 Å². The van der Waals surface area contributed by atoms with Gasteiger partial charge in [0.25, 0.3) is 5.56 Å². The highest BCUT2D eigenvalue weighted by molar-refractivity contribution is 6.05. The Labute approximate surface area is 200 Å². The summed E-state index contributed by atoms with van der Waals surface area (Å²) >= 11 is 0. The number of benzene rings is 2. The van der Waals surface area contributed by atoms with Crippen molar-refractivity contribution < 1.29 is 14.6 Å². The zero-order valence-corrected chi connectivity index (χ0v) is 19.2. The minimum Gasteiger partial charge on any atom is -0.508 e. The van der Waals surface area contributed by atoms with Crippen LogP contribution in [0.15, 0.2) is 53.3 Å². The lowest BCUT2D eigenvalue weighted by Gasteiger charge is -2.23. The Balaban J connectivity index is 1.68. The quantitative estimate of drug-likeness (QED) is 0.281. The molecule has 2 aromatic carbocycles. The van der Waals surface area contributed by atoms with Gasteiger partial charge in [0.1, 0.15) is 29.1 Å². The fourth-order valence-corrected chi connectivity index (χ4v) is 4.23. The van der Waals surface area contributed by atoms with Crippen molar-refractivity contribution in [1.82, 2.24) is 20.1 Å². The number of aromatic amines is 1. The van der Waals surface area contributed by atoms with Crippen molar-refractivity contribution in [3.05, 3.63) is 70.2 Å². The summed E-state index contributed by atoms with van der Waals surface area (Å²) < 4.78 is 7.41. The Kier molecular flexibility index (Phi) is 5.50. The molecule has 0 spiro atoms. The summed E-state index contributed by atoms with van der Waals surface area (Å²) in [4.78, 5) is 28.2. The zero-order valence-electron chi connectivity index (χ0n) is 19.2. The third-order valence-electron chi connectivity index (χ3n) is 5.87. The number of pyridine rings is 1. The van der Waals surface area contributed by atoms with Gasteiger partial charge in [-0.3, -0.25) is 9.59 Å². The lowest BCUT2D eigenvalue weighted by Crippen LogP contribution is -2.18. The smallest absolute Gasteiger partial charge is 0.261 e. The van der Waals surface area contributed by atoms with E-state index in [2.05, 4.69) is 15.6 Å². The van der Waals surface area contributed by atoms with Crippen LogP contribution in [0.2, 0.25) is 0 Å². The molecule has 4 aromatic rings. The van der Waals surface area contributed by atoms with Crippen molar-refractivity contribution in [2.45, 2.75) is 13.5 Å². The molecule has 0 unspecified atom stereocenters. The number of nitrogens with one attached hydrogen (secondary N) is 3. The first-order valence-electron chi connectivity index (χ1n) is 11.0. The Morgan fingerprint density at radius 2 is 2.17 bits per heavy atom. The maximum atomic E-state index is 13.0. The summed E-state index contributed by atoms with van der Waals surface area (Å²) in [5.74, 6) is 0.404. The molecule has 0 radical (unpaired) electrons. The van der Waals surface area contributed by atoms with Crippen molar-refractivity contribution in [3.8, 4) is 28.3 Å². The van der Waals surface area contributed by atoms with Crippen LogP contribution in [0.4, 0.5) is 11.5 Å². The van der Waals surface area contributed by atoms with E-state index in [1.807, 2.05) is 13.0 Å². The van der Waals surface area contributed by atoms with Crippen LogP contribution in [0, 0.1) is 6.92 Å². The fourth-order valence-electron chi connectivity index (χ4n) is 4.23. The lowest BCUT2D eigenvalue weighted by molar-refractivity contribution is -0.111. The molecule has 178 valence electrons. The van der Waals surface area contributed by atoms with Gasteiger partial charge in [-0.25, -0.2) is 4.68 Å². The van der Waals surface area contributed by atoms with Gasteiger partial charge in [0, 0.05) is 29.8 Å². The van der Waals surface area contributed by atoms with E-state index < -0.39 is 0 Å². The summed E-state index contributed by atoms with van der Waals surface area (Å²) in [6.45, 7) is 2.52. The maximum absolute atomic E-state index is 13.0. The van der Waals surface area contributed by atoms with Crippen LogP contribution in [-0.2, 0) is 11.4 Å². The number of likely N-dealkylation sites (N-methyl/N-ethyl adjacent to an activating group) is 1. The van der Waals surface area contributed by atoms with Gasteiger partial charge in [-0.05, 0) is 31.7 Å². The van der Waals surface area contributed by atoms with Crippen LogP contribution in [0.25, 0.3) is 27.7 Å². The Morgan fingerprint density at radius 1 is 1.34 bits per heavy atom. The number of nitrogens with two attached hydrogens (primary N) is 1. The predicted molar refractivity (Wildman–Crippen MR) is 134 cm³/mol. The first-order chi connectivity index (χ1) is 16.9. The molecular weight excluding hydrogens is 448 g/mol. The molecule has 1 aliphatic rings. The highest BCUT2D eigenvalue weighted by atomic mass is 16.5. The van der Waals surface area contributed by atoms with Crippen molar-refractivity contribution in [2.75, 3.05) is 24.6 Å². The molecule has 0 saturated carbocycles. The molecule has 1 aliphatic heterocycles. The number of nitrogens with zero attached hydrogens (tertiary/aromatic N) is 2. The SMILES string of the molecule is CNC/C=C/C(=O)Nc1cccc2c1OCc1[nH]c(=O)c3c(N)n(-c4cc(O)ccc4C)nc3c1-2. The molecule has 3 heterocycles. The van der Waals surface area contributed by atoms with Gasteiger partial charge >= 0.3 is 0 Å². The molecular formula is C25H24N6O4. The zero-order chi connectivity index (χ0) is 24.7. The predicted octanol–water partition coefficient (Wildman–Crippen LogP) is 2.58. The van der Waals surface area contributed by atoms with Crippen molar-refractivity contribution in [2.24, 2.45) is 0 Å². The van der Waals surface area contributed by atoms with Crippen LogP contribution >= 0.6 is 0 Å². The van der Waals surface area contributed by atoms with Gasteiger partial charge in [-0.1, -0.05) is 24.3 Å². The fraction of sp³-hybridized carbons (Fsp3) is 0.160. The molecule has 1 amide bonds. The van der Waals surface area contributed by atoms with E-state index >= 15 is 0 Å². The number of hydrogen-bond donors (Lipinski definition) is 5. The summed E-state index contributed by atoms with van der Waals surface area (Å²) in [5, 5.41) is 20.7. The van der Waals surface area contributed by atoms with E-state index in [9.17, 15) is 14.7 Å². The highest BCUT2D eigenvalue weighted by Gasteiger charge is 2.28. The number of phenols is 1. The molecule has 10 heteroatoms. The van der Waals surface area contributed by atoms with Crippen molar-refractivity contribution in [3.63, 3.8) is 0 Å². The number of ether oxygens (including phenoxy) is 1. The number of carbonyl (C=O) groups is 1. The molecule has 0 fully saturated rings. The number of nitrogen functional groups attached to an aromatic ring is 1. The molecule has 0 aliphatic carbocycles. The Bertz CT molecular complexity index is 1570. The average molecular weight is 473 g/mol. The van der Waals surface area contributed by atoms with Gasteiger partial charge < -0.3 is 31.2 Å². The largest absolute Gasteiger partial charge is 0.508 e. The third kappa shape index (κ3) is 3.79. The average Bonchev–Trinajstić information content (AvgIpc) is 3.18.